The summed E-state index contributed by atoms with van der Waals surface area (Å²) in [5.41, 5.74) is 2.85. The van der Waals surface area contributed by atoms with Crippen LogP contribution in [0.25, 0.3) is 0 Å². The van der Waals surface area contributed by atoms with Crippen LogP contribution in [0, 0.1) is 0 Å². The minimum Gasteiger partial charge on any atom is -0.371 e. The number of anilines is 1. The second-order valence-corrected chi connectivity index (χ2v) is 5.21. The maximum absolute atomic E-state index is 3.64. The molecular formula is C16H26N2. The van der Waals surface area contributed by atoms with E-state index in [0.29, 0.717) is 6.04 Å². The molecule has 0 amide bonds. The molecule has 18 heavy (non-hydrogen) atoms. The standard InChI is InChI=1S/C16H26N2/c1-3-14-7-5-8-16(13-14)18-11-6-10-17-15(4-2)9-12-18/h5,7-8,13,15,17H,3-4,6,9-12H2,1-2H3. The molecule has 0 spiro atoms. The van der Waals surface area contributed by atoms with Crippen molar-refractivity contribution in [3.05, 3.63) is 29.8 Å². The van der Waals surface area contributed by atoms with Gasteiger partial charge in [0.2, 0.25) is 0 Å². The number of hydrogen-bond acceptors (Lipinski definition) is 2. The van der Waals surface area contributed by atoms with Gasteiger partial charge in [0, 0.05) is 24.8 Å². The summed E-state index contributed by atoms with van der Waals surface area (Å²) in [5.74, 6) is 0. The fourth-order valence-corrected chi connectivity index (χ4v) is 2.68. The number of rotatable bonds is 3. The Morgan fingerprint density at radius 2 is 2.17 bits per heavy atom. The van der Waals surface area contributed by atoms with Crippen LogP contribution in [0.5, 0.6) is 0 Å². The zero-order valence-corrected chi connectivity index (χ0v) is 11.8. The Morgan fingerprint density at radius 1 is 1.28 bits per heavy atom. The largest absolute Gasteiger partial charge is 0.371 e. The zero-order chi connectivity index (χ0) is 12.8. The monoisotopic (exact) mass is 246 g/mol. The molecule has 1 aliphatic rings. The number of nitrogens with zero attached hydrogens (tertiary/aromatic N) is 1. The molecular weight excluding hydrogens is 220 g/mol. The highest BCUT2D eigenvalue weighted by molar-refractivity contribution is 5.48. The summed E-state index contributed by atoms with van der Waals surface area (Å²) < 4.78 is 0. The number of benzene rings is 1. The lowest BCUT2D eigenvalue weighted by Crippen LogP contribution is -2.39. The van der Waals surface area contributed by atoms with Crippen LogP contribution in [0.3, 0.4) is 0 Å². The zero-order valence-electron chi connectivity index (χ0n) is 11.8. The average Bonchev–Trinajstić information content (AvgIpc) is 2.39. The van der Waals surface area contributed by atoms with E-state index in [2.05, 4.69) is 48.3 Å². The molecule has 1 aromatic carbocycles. The average molecular weight is 246 g/mol. The lowest BCUT2D eigenvalue weighted by Gasteiger charge is -2.30. The van der Waals surface area contributed by atoms with Crippen molar-refractivity contribution in [2.75, 3.05) is 24.5 Å². The van der Waals surface area contributed by atoms with Gasteiger partial charge in [0.25, 0.3) is 0 Å². The van der Waals surface area contributed by atoms with Gasteiger partial charge in [-0.15, -0.1) is 0 Å². The first-order valence-corrected chi connectivity index (χ1v) is 7.40. The van der Waals surface area contributed by atoms with E-state index >= 15 is 0 Å². The molecule has 1 aliphatic heterocycles. The van der Waals surface area contributed by atoms with Gasteiger partial charge in [0.1, 0.15) is 0 Å². The first-order valence-electron chi connectivity index (χ1n) is 7.40. The molecule has 1 aromatic rings. The highest BCUT2D eigenvalue weighted by Gasteiger charge is 2.13. The third-order valence-electron chi connectivity index (χ3n) is 3.96. The predicted octanol–water partition coefficient (Wildman–Crippen LogP) is 3.22. The van der Waals surface area contributed by atoms with E-state index in [4.69, 9.17) is 0 Å². The van der Waals surface area contributed by atoms with E-state index in [1.165, 1.54) is 43.6 Å². The maximum Gasteiger partial charge on any atom is 0.0368 e. The van der Waals surface area contributed by atoms with Gasteiger partial charge in [-0.05, 0) is 49.9 Å². The number of aryl methyl sites for hydroxylation is 1. The van der Waals surface area contributed by atoms with Crippen molar-refractivity contribution in [2.24, 2.45) is 0 Å². The van der Waals surface area contributed by atoms with E-state index in [0.717, 1.165) is 13.0 Å². The predicted molar refractivity (Wildman–Crippen MR) is 79.3 cm³/mol. The Hall–Kier alpha value is -1.02. The molecule has 1 atom stereocenters. The van der Waals surface area contributed by atoms with Crippen LogP contribution < -0.4 is 10.2 Å². The van der Waals surface area contributed by atoms with Crippen molar-refractivity contribution in [2.45, 2.75) is 45.6 Å². The Bertz CT molecular complexity index is 362. The molecule has 1 saturated heterocycles. The highest BCUT2D eigenvalue weighted by atomic mass is 15.1. The summed E-state index contributed by atoms with van der Waals surface area (Å²) in [4.78, 5) is 2.56. The quantitative estimate of drug-likeness (QED) is 0.881. The fraction of sp³-hybridized carbons (Fsp3) is 0.625. The van der Waals surface area contributed by atoms with Gasteiger partial charge >= 0.3 is 0 Å². The van der Waals surface area contributed by atoms with Crippen LogP contribution in [-0.2, 0) is 6.42 Å². The first kappa shape index (κ1) is 13.4. The van der Waals surface area contributed by atoms with Crippen molar-refractivity contribution in [3.8, 4) is 0 Å². The number of nitrogens with one attached hydrogen (secondary N) is 1. The van der Waals surface area contributed by atoms with Crippen LogP contribution in [0.2, 0.25) is 0 Å². The fourth-order valence-electron chi connectivity index (χ4n) is 2.68. The van der Waals surface area contributed by atoms with E-state index in [1.54, 1.807) is 0 Å². The molecule has 1 heterocycles. The van der Waals surface area contributed by atoms with E-state index < -0.39 is 0 Å². The topological polar surface area (TPSA) is 15.3 Å². The summed E-state index contributed by atoms with van der Waals surface area (Å²) >= 11 is 0. The Morgan fingerprint density at radius 3 is 2.94 bits per heavy atom. The summed E-state index contributed by atoms with van der Waals surface area (Å²) in [7, 11) is 0. The van der Waals surface area contributed by atoms with Gasteiger partial charge in [0.05, 0.1) is 0 Å². The molecule has 2 heteroatoms. The van der Waals surface area contributed by atoms with Crippen LogP contribution in [0.15, 0.2) is 24.3 Å². The smallest absolute Gasteiger partial charge is 0.0368 e. The molecule has 100 valence electrons. The molecule has 0 aliphatic carbocycles. The maximum atomic E-state index is 3.64. The molecule has 0 radical (unpaired) electrons. The van der Waals surface area contributed by atoms with Gasteiger partial charge in [-0.1, -0.05) is 26.0 Å². The summed E-state index contributed by atoms with van der Waals surface area (Å²) in [6.07, 6.45) is 4.86. The summed E-state index contributed by atoms with van der Waals surface area (Å²) in [6.45, 7) is 8.02. The van der Waals surface area contributed by atoms with Gasteiger partial charge in [-0.25, -0.2) is 0 Å². The van der Waals surface area contributed by atoms with Gasteiger partial charge < -0.3 is 10.2 Å². The van der Waals surface area contributed by atoms with Gasteiger partial charge in [-0.3, -0.25) is 0 Å². The second kappa shape index (κ2) is 6.79. The summed E-state index contributed by atoms with van der Waals surface area (Å²) in [6, 6.07) is 9.74. The van der Waals surface area contributed by atoms with Crippen molar-refractivity contribution < 1.29 is 0 Å². The Balaban J connectivity index is 2.05. The number of hydrogen-bond donors (Lipinski definition) is 1. The second-order valence-electron chi connectivity index (χ2n) is 5.21. The molecule has 1 fully saturated rings. The van der Waals surface area contributed by atoms with E-state index in [9.17, 15) is 0 Å². The van der Waals surface area contributed by atoms with Crippen molar-refractivity contribution in [1.82, 2.24) is 5.32 Å². The van der Waals surface area contributed by atoms with Crippen LogP contribution in [0.4, 0.5) is 5.69 Å². The van der Waals surface area contributed by atoms with Crippen LogP contribution >= 0.6 is 0 Å². The van der Waals surface area contributed by atoms with Crippen LogP contribution in [-0.4, -0.2) is 25.7 Å². The lowest BCUT2D eigenvalue weighted by atomic mass is 10.1. The Labute approximate surface area is 111 Å². The third kappa shape index (κ3) is 3.49. The van der Waals surface area contributed by atoms with E-state index in [1.807, 2.05) is 0 Å². The van der Waals surface area contributed by atoms with Crippen molar-refractivity contribution in [3.63, 3.8) is 0 Å². The van der Waals surface area contributed by atoms with Gasteiger partial charge in [-0.2, -0.15) is 0 Å². The first-order chi connectivity index (χ1) is 8.83. The molecule has 0 bridgehead atoms. The highest BCUT2D eigenvalue weighted by Crippen LogP contribution is 2.19. The van der Waals surface area contributed by atoms with Gasteiger partial charge in [0.15, 0.2) is 0 Å². The van der Waals surface area contributed by atoms with Crippen molar-refractivity contribution in [1.29, 1.82) is 0 Å². The summed E-state index contributed by atoms with van der Waals surface area (Å²) in [5, 5.41) is 3.64. The SMILES string of the molecule is CCc1cccc(N2CCCNC(CC)CC2)c1. The molecule has 2 nitrogen and oxygen atoms in total. The molecule has 1 N–H and O–H groups in total. The third-order valence-corrected chi connectivity index (χ3v) is 3.96. The molecule has 1 unspecified atom stereocenters. The van der Waals surface area contributed by atoms with E-state index in [-0.39, 0.29) is 0 Å². The molecule has 2 rings (SSSR count). The molecule has 0 aromatic heterocycles. The molecule has 0 saturated carbocycles. The normalized spacial score (nSPS) is 21.4. The lowest BCUT2D eigenvalue weighted by molar-refractivity contribution is 0.439. The van der Waals surface area contributed by atoms with Crippen molar-refractivity contribution >= 4 is 5.69 Å². The van der Waals surface area contributed by atoms with Crippen LogP contribution in [0.1, 0.15) is 38.7 Å². The minimum atomic E-state index is 0.696. The Kier molecular flexibility index (Phi) is 5.06. The minimum absolute atomic E-state index is 0.696.